The van der Waals surface area contributed by atoms with Crippen LogP contribution in [0.25, 0.3) is 0 Å². The van der Waals surface area contributed by atoms with Crippen LogP contribution in [0.3, 0.4) is 0 Å². The van der Waals surface area contributed by atoms with Gasteiger partial charge in [-0.05, 0) is 32.6 Å². The first-order chi connectivity index (χ1) is 7.53. The predicted molar refractivity (Wildman–Crippen MR) is 63.9 cm³/mol. The quantitative estimate of drug-likeness (QED) is 0.709. The monoisotopic (exact) mass is 228 g/mol. The molecule has 4 heteroatoms. The molecule has 94 valence electrons. The van der Waals surface area contributed by atoms with Crippen molar-refractivity contribution in [1.82, 2.24) is 4.90 Å². The number of amides is 1. The first-order valence-corrected chi connectivity index (χ1v) is 6.23. The third-order valence-electron chi connectivity index (χ3n) is 3.38. The van der Waals surface area contributed by atoms with Gasteiger partial charge in [0.1, 0.15) is 0 Å². The first kappa shape index (κ1) is 13.5. The minimum absolute atomic E-state index is 0.00639. The second-order valence-electron chi connectivity index (χ2n) is 4.97. The Labute approximate surface area is 97.8 Å². The zero-order chi connectivity index (χ0) is 12.2. The van der Waals surface area contributed by atoms with Crippen molar-refractivity contribution in [3.8, 4) is 0 Å². The fraction of sp³-hybridized carbons (Fsp3) is 0.917. The molecule has 1 aliphatic rings. The number of nitrogens with two attached hydrogens (primary N) is 1. The van der Waals surface area contributed by atoms with Gasteiger partial charge in [0.05, 0.1) is 12.1 Å². The molecule has 16 heavy (non-hydrogen) atoms. The van der Waals surface area contributed by atoms with E-state index in [4.69, 9.17) is 10.8 Å². The van der Waals surface area contributed by atoms with Crippen molar-refractivity contribution in [3.05, 3.63) is 0 Å². The van der Waals surface area contributed by atoms with Crippen LogP contribution >= 0.6 is 0 Å². The van der Waals surface area contributed by atoms with Crippen molar-refractivity contribution in [2.24, 2.45) is 5.73 Å². The Hall–Kier alpha value is -0.610. The lowest BCUT2D eigenvalue weighted by Crippen LogP contribution is -2.58. The van der Waals surface area contributed by atoms with Crippen molar-refractivity contribution in [2.75, 3.05) is 13.2 Å². The lowest BCUT2D eigenvalue weighted by Gasteiger charge is -2.41. The summed E-state index contributed by atoms with van der Waals surface area (Å²) in [6, 6.07) is 0.305. The molecule has 0 bridgehead atoms. The second kappa shape index (κ2) is 5.64. The van der Waals surface area contributed by atoms with Gasteiger partial charge in [-0.2, -0.15) is 0 Å². The van der Waals surface area contributed by atoms with Crippen molar-refractivity contribution in [1.29, 1.82) is 0 Å². The third-order valence-corrected chi connectivity index (χ3v) is 3.38. The molecule has 1 rings (SSSR count). The summed E-state index contributed by atoms with van der Waals surface area (Å²) in [6.45, 7) is 4.25. The topological polar surface area (TPSA) is 66.6 Å². The Morgan fingerprint density at radius 1 is 1.56 bits per heavy atom. The molecule has 3 N–H and O–H groups in total. The molecule has 1 fully saturated rings. The van der Waals surface area contributed by atoms with Crippen molar-refractivity contribution >= 4 is 5.91 Å². The summed E-state index contributed by atoms with van der Waals surface area (Å²) in [4.78, 5) is 14.0. The van der Waals surface area contributed by atoms with Crippen LogP contribution in [0.2, 0.25) is 0 Å². The van der Waals surface area contributed by atoms with Gasteiger partial charge in [0.2, 0.25) is 5.91 Å². The summed E-state index contributed by atoms with van der Waals surface area (Å²) in [6.07, 6.45) is 4.87. The Balaban J connectivity index is 2.65. The van der Waals surface area contributed by atoms with Crippen LogP contribution in [-0.4, -0.2) is 40.6 Å². The van der Waals surface area contributed by atoms with Crippen molar-refractivity contribution < 1.29 is 9.90 Å². The Kier molecular flexibility index (Phi) is 4.74. The SMILES string of the molecule is CCCC(C)(N)C(=O)N(CCO)C1CCC1. The second-order valence-corrected chi connectivity index (χ2v) is 4.97. The molecule has 1 unspecified atom stereocenters. The van der Waals surface area contributed by atoms with Crippen LogP contribution in [-0.2, 0) is 4.79 Å². The molecule has 1 saturated carbocycles. The lowest BCUT2D eigenvalue weighted by atomic mass is 9.88. The Morgan fingerprint density at radius 3 is 2.56 bits per heavy atom. The Morgan fingerprint density at radius 2 is 2.19 bits per heavy atom. The molecule has 4 nitrogen and oxygen atoms in total. The van der Waals surface area contributed by atoms with Gasteiger partial charge in [-0.3, -0.25) is 4.79 Å². The van der Waals surface area contributed by atoms with E-state index in [0.29, 0.717) is 19.0 Å². The van der Waals surface area contributed by atoms with Gasteiger partial charge in [0.15, 0.2) is 0 Å². The zero-order valence-electron chi connectivity index (χ0n) is 10.4. The number of hydrogen-bond acceptors (Lipinski definition) is 3. The van der Waals surface area contributed by atoms with Gasteiger partial charge < -0.3 is 15.7 Å². The summed E-state index contributed by atoms with van der Waals surface area (Å²) >= 11 is 0. The van der Waals surface area contributed by atoms with E-state index in [-0.39, 0.29) is 12.5 Å². The number of hydrogen-bond donors (Lipinski definition) is 2. The maximum Gasteiger partial charge on any atom is 0.242 e. The summed E-state index contributed by atoms with van der Waals surface area (Å²) in [5, 5.41) is 9.01. The molecule has 0 aromatic carbocycles. The van der Waals surface area contributed by atoms with E-state index in [1.54, 1.807) is 11.8 Å². The van der Waals surface area contributed by atoms with Gasteiger partial charge in [0, 0.05) is 12.6 Å². The van der Waals surface area contributed by atoms with Crippen LogP contribution in [0.4, 0.5) is 0 Å². The molecule has 0 saturated heterocycles. The number of rotatable bonds is 6. The van der Waals surface area contributed by atoms with Gasteiger partial charge >= 0.3 is 0 Å². The van der Waals surface area contributed by atoms with E-state index in [9.17, 15) is 4.79 Å². The zero-order valence-corrected chi connectivity index (χ0v) is 10.4. The van der Waals surface area contributed by atoms with Crippen molar-refractivity contribution in [2.45, 2.75) is 57.5 Å². The molecule has 0 aliphatic heterocycles. The van der Waals surface area contributed by atoms with E-state index in [1.807, 2.05) is 6.92 Å². The van der Waals surface area contributed by atoms with Crippen LogP contribution in [0.5, 0.6) is 0 Å². The summed E-state index contributed by atoms with van der Waals surface area (Å²) in [5.41, 5.74) is 5.27. The van der Waals surface area contributed by atoms with Gasteiger partial charge in [0.25, 0.3) is 0 Å². The highest BCUT2D eigenvalue weighted by Crippen LogP contribution is 2.27. The molecule has 0 spiro atoms. The minimum atomic E-state index is -0.778. The van der Waals surface area contributed by atoms with Crippen LogP contribution in [0, 0.1) is 0 Å². The molecular formula is C12H24N2O2. The fourth-order valence-corrected chi connectivity index (χ4v) is 2.21. The van der Waals surface area contributed by atoms with Gasteiger partial charge in [-0.1, -0.05) is 13.3 Å². The maximum absolute atomic E-state index is 12.3. The highest BCUT2D eigenvalue weighted by Gasteiger charge is 2.36. The number of aliphatic hydroxyl groups is 1. The van der Waals surface area contributed by atoms with E-state index in [0.717, 1.165) is 19.3 Å². The number of aliphatic hydroxyl groups excluding tert-OH is 1. The largest absolute Gasteiger partial charge is 0.395 e. The average Bonchev–Trinajstić information content (AvgIpc) is 2.13. The van der Waals surface area contributed by atoms with Crippen LogP contribution in [0.1, 0.15) is 46.0 Å². The van der Waals surface area contributed by atoms with Crippen molar-refractivity contribution in [3.63, 3.8) is 0 Å². The average molecular weight is 228 g/mol. The summed E-state index contributed by atoms with van der Waals surface area (Å²) in [7, 11) is 0. The molecule has 0 radical (unpaired) electrons. The number of carbonyl (C=O) groups excluding carboxylic acids is 1. The smallest absolute Gasteiger partial charge is 0.242 e. The normalized spacial score (nSPS) is 20.0. The van der Waals surface area contributed by atoms with E-state index < -0.39 is 5.54 Å². The van der Waals surface area contributed by atoms with E-state index >= 15 is 0 Å². The molecule has 0 aromatic rings. The summed E-state index contributed by atoms with van der Waals surface area (Å²) in [5.74, 6) is -0.00639. The third kappa shape index (κ3) is 2.95. The highest BCUT2D eigenvalue weighted by atomic mass is 16.3. The van der Waals surface area contributed by atoms with Crippen LogP contribution in [0.15, 0.2) is 0 Å². The molecule has 0 aromatic heterocycles. The summed E-state index contributed by atoms with van der Waals surface area (Å²) < 4.78 is 0. The van der Waals surface area contributed by atoms with Crippen LogP contribution < -0.4 is 5.73 Å². The van der Waals surface area contributed by atoms with E-state index in [1.165, 1.54) is 6.42 Å². The van der Waals surface area contributed by atoms with E-state index in [2.05, 4.69) is 0 Å². The number of nitrogens with zero attached hydrogens (tertiary/aromatic N) is 1. The molecule has 0 heterocycles. The molecule has 1 aliphatic carbocycles. The van der Waals surface area contributed by atoms with Gasteiger partial charge in [-0.25, -0.2) is 0 Å². The molecule has 1 atom stereocenters. The number of carbonyl (C=O) groups is 1. The van der Waals surface area contributed by atoms with Gasteiger partial charge in [-0.15, -0.1) is 0 Å². The lowest BCUT2D eigenvalue weighted by molar-refractivity contribution is -0.141. The highest BCUT2D eigenvalue weighted by molar-refractivity contribution is 5.86. The minimum Gasteiger partial charge on any atom is -0.395 e. The first-order valence-electron chi connectivity index (χ1n) is 6.23. The Bertz CT molecular complexity index is 237. The molecular weight excluding hydrogens is 204 g/mol. The predicted octanol–water partition coefficient (Wildman–Crippen LogP) is 0.877. The standard InChI is InChI=1S/C12H24N2O2/c1-3-7-12(2,13)11(16)14(8-9-15)10-5-4-6-10/h10,15H,3-9,13H2,1-2H3. The maximum atomic E-state index is 12.3. The molecule has 1 amide bonds. The fourth-order valence-electron chi connectivity index (χ4n) is 2.21.